The zero-order chi connectivity index (χ0) is 26.0. The number of ether oxygens (including phenoxy) is 1. The van der Waals surface area contributed by atoms with E-state index in [1.165, 1.54) is 6.08 Å². The van der Waals surface area contributed by atoms with E-state index < -0.39 is 45.0 Å². The molecule has 0 amide bonds. The highest BCUT2D eigenvalue weighted by Gasteiger charge is 2.76. The average molecular weight is 529 g/mol. The molecule has 1 N–H and O–H groups in total. The second kappa shape index (κ2) is 8.95. The van der Waals surface area contributed by atoms with E-state index in [1.54, 1.807) is 13.0 Å². The van der Waals surface area contributed by atoms with E-state index in [0.29, 0.717) is 31.3 Å². The first kappa shape index (κ1) is 26.8. The van der Waals surface area contributed by atoms with Gasteiger partial charge in [-0.05, 0) is 55.6 Å². The van der Waals surface area contributed by atoms with Gasteiger partial charge in [0.2, 0.25) is 5.78 Å². The maximum Gasteiger partial charge on any atom is 0.306 e. The molecule has 8 atom stereocenters. The zero-order valence-electron chi connectivity index (χ0n) is 20.8. The number of unbranched alkanes of at least 4 members (excludes halogenated alkanes) is 1. The van der Waals surface area contributed by atoms with Crippen LogP contribution in [0.1, 0.15) is 72.6 Å². The third-order valence-corrected chi connectivity index (χ3v) is 11.0. The number of carbonyl (C=O) groups excluding carboxylic acids is 3. The van der Waals surface area contributed by atoms with E-state index in [0.717, 1.165) is 6.42 Å². The molecule has 0 unspecified atom stereocenters. The molecule has 194 valence electrons. The molecule has 0 heterocycles. The summed E-state index contributed by atoms with van der Waals surface area (Å²) in [6.07, 6.45) is 4.83. The highest BCUT2D eigenvalue weighted by Crippen LogP contribution is 2.72. The van der Waals surface area contributed by atoms with Crippen molar-refractivity contribution < 1.29 is 28.6 Å². The van der Waals surface area contributed by atoms with Gasteiger partial charge in [-0.3, -0.25) is 14.4 Å². The number of hydrogen-bond donors (Lipinski definition) is 1. The minimum absolute atomic E-state index is 0.0952. The Labute approximate surface area is 216 Å². The number of aliphatic hydroxyl groups is 1. The summed E-state index contributed by atoms with van der Waals surface area (Å²) in [4.78, 5) is 37.2. The van der Waals surface area contributed by atoms with Crippen LogP contribution in [-0.4, -0.2) is 45.1 Å². The van der Waals surface area contributed by atoms with Gasteiger partial charge in [0.1, 0.15) is 0 Å². The summed E-state index contributed by atoms with van der Waals surface area (Å²) >= 11 is 13.5. The second-order valence-corrected chi connectivity index (χ2v) is 12.2. The molecular formula is C27H35Cl2FO5. The summed E-state index contributed by atoms with van der Waals surface area (Å²) in [5.74, 6) is -3.35. The lowest BCUT2D eigenvalue weighted by Crippen LogP contribution is -2.69. The Bertz CT molecular complexity index is 1010. The van der Waals surface area contributed by atoms with Crippen LogP contribution >= 0.6 is 23.2 Å². The van der Waals surface area contributed by atoms with Gasteiger partial charge in [0.15, 0.2) is 17.2 Å². The Balaban J connectivity index is 1.82. The molecule has 0 spiro atoms. The fourth-order valence-corrected chi connectivity index (χ4v) is 8.84. The number of esters is 1. The summed E-state index contributed by atoms with van der Waals surface area (Å²) in [7, 11) is 0. The molecule has 5 nitrogen and oxygen atoms in total. The first-order valence-electron chi connectivity index (χ1n) is 12.7. The van der Waals surface area contributed by atoms with Crippen molar-refractivity contribution in [3.05, 3.63) is 23.6 Å². The van der Waals surface area contributed by atoms with Crippen LogP contribution in [0.15, 0.2) is 23.6 Å². The van der Waals surface area contributed by atoms with Gasteiger partial charge in [0, 0.05) is 23.2 Å². The predicted octanol–water partition coefficient (Wildman–Crippen LogP) is 5.45. The molecule has 0 saturated heterocycles. The highest BCUT2D eigenvalue weighted by atomic mass is 35.5. The van der Waals surface area contributed by atoms with E-state index in [4.69, 9.17) is 27.9 Å². The Morgan fingerprint density at radius 2 is 1.97 bits per heavy atom. The number of halogens is 3. The smallest absolute Gasteiger partial charge is 0.306 e. The van der Waals surface area contributed by atoms with Crippen LogP contribution in [-0.2, 0) is 19.1 Å². The minimum Gasteiger partial charge on any atom is -0.450 e. The molecule has 0 aromatic carbocycles. The van der Waals surface area contributed by atoms with Crippen molar-refractivity contribution in [1.82, 2.24) is 0 Å². The van der Waals surface area contributed by atoms with Crippen LogP contribution in [0.4, 0.5) is 4.39 Å². The van der Waals surface area contributed by atoms with Gasteiger partial charge in [-0.25, -0.2) is 4.39 Å². The lowest BCUT2D eigenvalue weighted by atomic mass is 9.45. The number of aliphatic hydroxyl groups excluding tert-OH is 1. The Hall–Kier alpha value is -1.24. The SMILES string of the molecule is CCCCC(=O)O[C@]1(C(=O)CCl)[C@@H](C)C[C@H]2[C@@H]3CCC4=C(F)C(=O)C=C[C@]4(C)[C@@]3(Cl)[C@@H](O)C[C@@]21C. The summed E-state index contributed by atoms with van der Waals surface area (Å²) in [6.45, 7) is 7.57. The minimum atomic E-state index is -1.47. The number of hydrogen-bond acceptors (Lipinski definition) is 5. The fraction of sp³-hybridized carbons (Fsp3) is 0.741. The van der Waals surface area contributed by atoms with Crippen LogP contribution in [0, 0.1) is 28.6 Å². The largest absolute Gasteiger partial charge is 0.450 e. The molecule has 35 heavy (non-hydrogen) atoms. The molecule has 8 heteroatoms. The van der Waals surface area contributed by atoms with Gasteiger partial charge < -0.3 is 9.84 Å². The lowest BCUT2D eigenvalue weighted by Gasteiger charge is -2.64. The average Bonchev–Trinajstić information content (AvgIpc) is 3.03. The zero-order valence-corrected chi connectivity index (χ0v) is 22.3. The maximum atomic E-state index is 15.0. The summed E-state index contributed by atoms with van der Waals surface area (Å²) in [6, 6.07) is 0. The number of carbonyl (C=O) groups is 3. The Morgan fingerprint density at radius 3 is 2.60 bits per heavy atom. The van der Waals surface area contributed by atoms with Crippen molar-refractivity contribution in [2.75, 3.05) is 5.88 Å². The van der Waals surface area contributed by atoms with Crippen molar-refractivity contribution in [1.29, 1.82) is 0 Å². The van der Waals surface area contributed by atoms with Crippen molar-refractivity contribution in [2.24, 2.45) is 28.6 Å². The van der Waals surface area contributed by atoms with Gasteiger partial charge in [0.05, 0.1) is 16.9 Å². The first-order chi connectivity index (χ1) is 16.3. The molecule has 4 aliphatic carbocycles. The van der Waals surface area contributed by atoms with Crippen molar-refractivity contribution >= 4 is 40.7 Å². The lowest BCUT2D eigenvalue weighted by molar-refractivity contribution is -0.200. The second-order valence-electron chi connectivity index (χ2n) is 11.4. The van der Waals surface area contributed by atoms with Crippen molar-refractivity contribution in [3.8, 4) is 0 Å². The third kappa shape index (κ3) is 3.38. The monoisotopic (exact) mass is 528 g/mol. The molecule has 0 aromatic heterocycles. The van der Waals surface area contributed by atoms with E-state index >= 15 is 0 Å². The van der Waals surface area contributed by atoms with Crippen LogP contribution in [0.5, 0.6) is 0 Å². The first-order valence-corrected chi connectivity index (χ1v) is 13.6. The number of alkyl halides is 2. The molecule has 4 rings (SSSR count). The molecule has 3 saturated carbocycles. The van der Waals surface area contributed by atoms with Crippen LogP contribution in [0.3, 0.4) is 0 Å². The van der Waals surface area contributed by atoms with Crippen LogP contribution in [0.25, 0.3) is 0 Å². The van der Waals surface area contributed by atoms with Crippen molar-refractivity contribution in [2.45, 2.75) is 89.2 Å². The number of allylic oxidation sites excluding steroid dienone is 4. The summed E-state index contributed by atoms with van der Waals surface area (Å²) in [5.41, 5.74) is -3.09. The molecule has 4 aliphatic rings. The maximum absolute atomic E-state index is 15.0. The molecular weight excluding hydrogens is 494 g/mol. The van der Waals surface area contributed by atoms with E-state index in [9.17, 15) is 23.9 Å². The number of fused-ring (bicyclic) bond motifs is 5. The molecule has 3 fully saturated rings. The third-order valence-electron chi connectivity index (χ3n) is 9.82. The topological polar surface area (TPSA) is 80.7 Å². The number of ketones is 2. The molecule has 0 bridgehead atoms. The van der Waals surface area contributed by atoms with E-state index in [1.807, 2.05) is 20.8 Å². The van der Waals surface area contributed by atoms with Crippen LogP contribution in [0.2, 0.25) is 0 Å². The summed E-state index contributed by atoms with van der Waals surface area (Å²) < 4.78 is 21.1. The quantitative estimate of drug-likeness (QED) is 0.366. The van der Waals surface area contributed by atoms with Gasteiger partial charge >= 0.3 is 5.97 Å². The van der Waals surface area contributed by atoms with Gasteiger partial charge in [-0.2, -0.15) is 0 Å². The van der Waals surface area contributed by atoms with Gasteiger partial charge in [-0.1, -0.05) is 40.2 Å². The fourth-order valence-electron chi connectivity index (χ4n) is 8.13. The molecule has 0 aromatic rings. The number of Topliss-reactive ketones (excluding diaryl/α,β-unsaturated/α-hetero) is 1. The Morgan fingerprint density at radius 1 is 1.29 bits per heavy atom. The van der Waals surface area contributed by atoms with Gasteiger partial charge in [0.25, 0.3) is 0 Å². The van der Waals surface area contributed by atoms with Gasteiger partial charge in [-0.15, -0.1) is 23.2 Å². The van der Waals surface area contributed by atoms with E-state index in [-0.39, 0.29) is 42.3 Å². The highest BCUT2D eigenvalue weighted by molar-refractivity contribution is 6.29. The molecule has 0 aliphatic heterocycles. The van der Waals surface area contributed by atoms with E-state index in [2.05, 4.69) is 0 Å². The normalized spacial score (nSPS) is 44.5. The standard InChI is InChI=1S/C27H35Cl2FO5/c1-5-6-7-22(34)35-27(21(33)14-28)15(2)12-18-16-8-9-17-23(30)19(31)10-11-24(17,3)26(16,29)20(32)13-25(18,27)4/h10-11,15-16,18,20,32H,5-9,12-14H2,1-4H3/t15-,16-,18-,20-,24-,25-,26-,27-/m0/s1. The van der Waals surface area contributed by atoms with Crippen LogP contribution < -0.4 is 0 Å². The number of rotatable bonds is 6. The summed E-state index contributed by atoms with van der Waals surface area (Å²) in [5, 5.41) is 11.7. The van der Waals surface area contributed by atoms with Crippen molar-refractivity contribution in [3.63, 3.8) is 0 Å². The Kier molecular flexibility index (Phi) is 6.86. The molecule has 0 radical (unpaired) electrons. The predicted molar refractivity (Wildman–Crippen MR) is 132 cm³/mol.